The summed E-state index contributed by atoms with van der Waals surface area (Å²) in [6.45, 7) is 0. The summed E-state index contributed by atoms with van der Waals surface area (Å²) in [6, 6.07) is 2.71. The van der Waals surface area contributed by atoms with Crippen molar-refractivity contribution in [1.29, 1.82) is 0 Å². The van der Waals surface area contributed by atoms with Gasteiger partial charge in [0.2, 0.25) is 0 Å². The SMILES string of the molecule is Nc1cc2nn[nH]c2cc1F. The second-order valence-electron chi connectivity index (χ2n) is 2.20. The lowest BCUT2D eigenvalue weighted by Gasteiger charge is -1.92. The maximum Gasteiger partial charge on any atom is 0.148 e. The van der Waals surface area contributed by atoms with E-state index >= 15 is 0 Å². The zero-order valence-electron chi connectivity index (χ0n) is 5.50. The van der Waals surface area contributed by atoms with E-state index in [1.165, 1.54) is 12.1 Å². The topological polar surface area (TPSA) is 67.6 Å². The molecule has 0 spiro atoms. The van der Waals surface area contributed by atoms with Gasteiger partial charge in [-0.3, -0.25) is 5.10 Å². The van der Waals surface area contributed by atoms with Crippen LogP contribution in [0.4, 0.5) is 10.1 Å². The van der Waals surface area contributed by atoms with Crippen LogP contribution in [0, 0.1) is 5.82 Å². The van der Waals surface area contributed by atoms with E-state index in [4.69, 9.17) is 5.73 Å². The number of aromatic amines is 1. The molecular weight excluding hydrogens is 147 g/mol. The lowest BCUT2D eigenvalue weighted by atomic mass is 10.3. The number of anilines is 1. The molecule has 0 radical (unpaired) electrons. The molecule has 5 heteroatoms. The second kappa shape index (κ2) is 1.91. The molecule has 0 aliphatic carbocycles. The molecule has 1 aromatic carbocycles. The molecular formula is C6H5FN4. The molecule has 0 unspecified atom stereocenters. The number of aromatic nitrogens is 3. The summed E-state index contributed by atoms with van der Waals surface area (Å²) in [5.74, 6) is -0.455. The Morgan fingerprint density at radius 1 is 1.45 bits per heavy atom. The first-order valence-electron chi connectivity index (χ1n) is 3.03. The van der Waals surface area contributed by atoms with E-state index in [0.29, 0.717) is 11.0 Å². The first kappa shape index (κ1) is 6.09. The van der Waals surface area contributed by atoms with Crippen molar-refractivity contribution in [2.24, 2.45) is 0 Å². The fraction of sp³-hybridized carbons (Fsp3) is 0. The third-order valence-electron chi connectivity index (χ3n) is 1.44. The van der Waals surface area contributed by atoms with Gasteiger partial charge >= 0.3 is 0 Å². The van der Waals surface area contributed by atoms with Crippen molar-refractivity contribution >= 4 is 16.7 Å². The largest absolute Gasteiger partial charge is 0.396 e. The molecule has 1 heterocycles. The van der Waals surface area contributed by atoms with Gasteiger partial charge in [-0.25, -0.2) is 4.39 Å². The quantitative estimate of drug-likeness (QED) is 0.545. The number of rotatable bonds is 0. The highest BCUT2D eigenvalue weighted by molar-refractivity contribution is 5.77. The predicted molar refractivity (Wildman–Crippen MR) is 38.3 cm³/mol. The van der Waals surface area contributed by atoms with Crippen LogP contribution in [0.5, 0.6) is 0 Å². The number of nitrogen functional groups attached to an aromatic ring is 1. The summed E-state index contributed by atoms with van der Waals surface area (Å²) < 4.78 is 12.7. The van der Waals surface area contributed by atoms with Crippen molar-refractivity contribution in [3.8, 4) is 0 Å². The number of halogens is 1. The number of nitrogens with two attached hydrogens (primary N) is 1. The van der Waals surface area contributed by atoms with Crippen LogP contribution in [-0.4, -0.2) is 15.4 Å². The van der Waals surface area contributed by atoms with Crippen LogP contribution in [0.25, 0.3) is 11.0 Å². The van der Waals surface area contributed by atoms with Gasteiger partial charge in [-0.1, -0.05) is 5.21 Å². The molecule has 0 atom stereocenters. The minimum Gasteiger partial charge on any atom is -0.396 e. The van der Waals surface area contributed by atoms with Gasteiger partial charge in [0.25, 0.3) is 0 Å². The maximum absolute atomic E-state index is 12.7. The second-order valence-corrected chi connectivity index (χ2v) is 2.20. The van der Waals surface area contributed by atoms with Crippen molar-refractivity contribution in [1.82, 2.24) is 15.4 Å². The lowest BCUT2D eigenvalue weighted by molar-refractivity contribution is 0.634. The van der Waals surface area contributed by atoms with Crippen LogP contribution in [0.15, 0.2) is 12.1 Å². The van der Waals surface area contributed by atoms with E-state index in [9.17, 15) is 4.39 Å². The number of hydrogen-bond donors (Lipinski definition) is 2. The first-order chi connectivity index (χ1) is 5.27. The van der Waals surface area contributed by atoms with E-state index in [2.05, 4.69) is 15.4 Å². The normalized spacial score (nSPS) is 10.6. The van der Waals surface area contributed by atoms with E-state index in [-0.39, 0.29) is 5.69 Å². The average molecular weight is 152 g/mol. The van der Waals surface area contributed by atoms with Gasteiger partial charge in [0.15, 0.2) is 0 Å². The molecule has 0 aliphatic heterocycles. The molecule has 56 valence electrons. The molecule has 0 saturated heterocycles. The fourth-order valence-electron chi connectivity index (χ4n) is 0.883. The summed E-state index contributed by atoms with van der Waals surface area (Å²) >= 11 is 0. The molecule has 0 amide bonds. The number of fused-ring (bicyclic) bond motifs is 1. The highest BCUT2D eigenvalue weighted by Gasteiger charge is 2.02. The lowest BCUT2D eigenvalue weighted by Crippen LogP contribution is -1.89. The highest BCUT2D eigenvalue weighted by Crippen LogP contribution is 2.15. The smallest absolute Gasteiger partial charge is 0.148 e. The third kappa shape index (κ3) is 0.813. The van der Waals surface area contributed by atoms with Crippen molar-refractivity contribution in [2.75, 3.05) is 5.73 Å². The molecule has 0 saturated carbocycles. The minimum absolute atomic E-state index is 0.0893. The Morgan fingerprint density at radius 3 is 3.09 bits per heavy atom. The van der Waals surface area contributed by atoms with E-state index < -0.39 is 5.82 Å². The summed E-state index contributed by atoms with van der Waals surface area (Å²) in [6.07, 6.45) is 0. The van der Waals surface area contributed by atoms with Crippen LogP contribution in [0.3, 0.4) is 0 Å². The van der Waals surface area contributed by atoms with E-state index in [1.54, 1.807) is 0 Å². The van der Waals surface area contributed by atoms with Crippen molar-refractivity contribution in [3.63, 3.8) is 0 Å². The van der Waals surface area contributed by atoms with E-state index in [1.807, 2.05) is 0 Å². The zero-order chi connectivity index (χ0) is 7.84. The molecule has 11 heavy (non-hydrogen) atoms. The van der Waals surface area contributed by atoms with Crippen LogP contribution >= 0.6 is 0 Å². The Labute approximate surface area is 61.2 Å². The maximum atomic E-state index is 12.7. The molecule has 0 bridgehead atoms. The first-order valence-corrected chi connectivity index (χ1v) is 3.03. The average Bonchev–Trinajstić information content (AvgIpc) is 2.36. The summed E-state index contributed by atoms with van der Waals surface area (Å²) in [7, 11) is 0. The van der Waals surface area contributed by atoms with Crippen molar-refractivity contribution in [3.05, 3.63) is 17.9 Å². The Bertz CT molecular complexity index is 358. The van der Waals surface area contributed by atoms with Crippen LogP contribution in [0.1, 0.15) is 0 Å². The van der Waals surface area contributed by atoms with Gasteiger partial charge in [-0.05, 0) is 6.07 Å². The Kier molecular flexibility index (Phi) is 1.06. The molecule has 0 aliphatic rings. The monoisotopic (exact) mass is 152 g/mol. The highest BCUT2D eigenvalue weighted by atomic mass is 19.1. The minimum atomic E-state index is -0.455. The third-order valence-corrected chi connectivity index (χ3v) is 1.44. The van der Waals surface area contributed by atoms with Crippen LogP contribution < -0.4 is 5.73 Å². The zero-order valence-corrected chi connectivity index (χ0v) is 5.50. The Morgan fingerprint density at radius 2 is 2.27 bits per heavy atom. The summed E-state index contributed by atoms with van der Waals surface area (Å²) in [5, 5.41) is 9.69. The molecule has 2 rings (SSSR count). The predicted octanol–water partition coefficient (Wildman–Crippen LogP) is 0.679. The number of benzene rings is 1. The number of H-pyrrole nitrogens is 1. The van der Waals surface area contributed by atoms with Gasteiger partial charge in [-0.2, -0.15) is 0 Å². The molecule has 4 nitrogen and oxygen atoms in total. The molecule has 2 aromatic rings. The fourth-order valence-corrected chi connectivity index (χ4v) is 0.883. The van der Waals surface area contributed by atoms with Crippen molar-refractivity contribution in [2.45, 2.75) is 0 Å². The number of nitrogens with one attached hydrogen (secondary N) is 1. The van der Waals surface area contributed by atoms with Crippen molar-refractivity contribution < 1.29 is 4.39 Å². The molecule has 3 N–H and O–H groups in total. The molecule has 0 fully saturated rings. The Balaban J connectivity index is 2.86. The van der Waals surface area contributed by atoms with Gasteiger partial charge < -0.3 is 5.73 Å². The Hall–Kier alpha value is -1.65. The van der Waals surface area contributed by atoms with Gasteiger partial charge in [0, 0.05) is 6.07 Å². The number of hydrogen-bond acceptors (Lipinski definition) is 3. The molecule has 1 aromatic heterocycles. The summed E-state index contributed by atoms with van der Waals surface area (Å²) in [4.78, 5) is 0. The van der Waals surface area contributed by atoms with Gasteiger partial charge in [0.05, 0.1) is 11.2 Å². The number of nitrogens with zero attached hydrogens (tertiary/aromatic N) is 2. The van der Waals surface area contributed by atoms with E-state index in [0.717, 1.165) is 0 Å². The van der Waals surface area contributed by atoms with Gasteiger partial charge in [-0.15, -0.1) is 5.10 Å². The van der Waals surface area contributed by atoms with Gasteiger partial charge in [0.1, 0.15) is 11.3 Å². The summed E-state index contributed by atoms with van der Waals surface area (Å²) in [5.41, 5.74) is 6.50. The standard InChI is InChI=1S/C6H5FN4/c7-3-1-5-6(2-4(3)8)10-11-9-5/h1-2H,8H2,(H,9,10,11). The van der Waals surface area contributed by atoms with Crippen LogP contribution in [0.2, 0.25) is 0 Å². The van der Waals surface area contributed by atoms with Crippen LogP contribution in [-0.2, 0) is 0 Å².